The molecule has 9 heteroatoms. The fourth-order valence-electron chi connectivity index (χ4n) is 2.80. The Labute approximate surface area is 150 Å². The molecule has 3 aromatic heterocycles. The predicted molar refractivity (Wildman–Crippen MR) is 92.8 cm³/mol. The number of nitrogens with zero attached hydrogens (tertiary/aromatic N) is 4. The number of rotatable bonds is 2. The molecule has 0 fully saturated rings. The maximum Gasteiger partial charge on any atom is 0.416 e. The highest BCUT2D eigenvalue weighted by Crippen LogP contribution is 2.32. The molecule has 0 saturated carbocycles. The van der Waals surface area contributed by atoms with Crippen molar-refractivity contribution in [3.63, 3.8) is 0 Å². The summed E-state index contributed by atoms with van der Waals surface area (Å²) in [5.41, 5.74) is 1.19. The Morgan fingerprint density at radius 3 is 2.48 bits per heavy atom. The van der Waals surface area contributed by atoms with E-state index < -0.39 is 11.7 Å². The quantitative estimate of drug-likeness (QED) is 0.586. The first-order chi connectivity index (χ1) is 12.8. The first-order valence-electron chi connectivity index (χ1n) is 7.88. The van der Waals surface area contributed by atoms with Crippen molar-refractivity contribution in [2.75, 3.05) is 0 Å². The van der Waals surface area contributed by atoms with Gasteiger partial charge in [0.25, 0.3) is 5.56 Å². The number of fused-ring (bicyclic) bond motifs is 1. The van der Waals surface area contributed by atoms with Gasteiger partial charge in [-0.25, -0.2) is 9.97 Å². The van der Waals surface area contributed by atoms with Crippen molar-refractivity contribution in [3.8, 4) is 22.5 Å². The fourth-order valence-corrected chi connectivity index (χ4v) is 2.80. The molecule has 0 radical (unpaired) electrons. The zero-order chi connectivity index (χ0) is 19.2. The number of nitrogens with one attached hydrogen (secondary N) is 1. The van der Waals surface area contributed by atoms with Gasteiger partial charge in [-0.1, -0.05) is 12.1 Å². The van der Waals surface area contributed by atoms with Gasteiger partial charge < -0.3 is 4.98 Å². The smallest absolute Gasteiger partial charge is 0.313 e. The molecule has 1 N–H and O–H groups in total. The van der Waals surface area contributed by atoms with Crippen molar-refractivity contribution in [1.82, 2.24) is 24.7 Å². The van der Waals surface area contributed by atoms with Gasteiger partial charge >= 0.3 is 6.18 Å². The van der Waals surface area contributed by atoms with E-state index in [0.29, 0.717) is 33.4 Å². The van der Waals surface area contributed by atoms with Crippen LogP contribution in [0.5, 0.6) is 0 Å². The number of aryl methyl sites for hydroxylation is 1. The zero-order valence-corrected chi connectivity index (χ0v) is 13.9. The van der Waals surface area contributed by atoms with Gasteiger partial charge in [0.1, 0.15) is 11.2 Å². The van der Waals surface area contributed by atoms with Crippen LogP contribution in [0.15, 0.2) is 53.8 Å². The summed E-state index contributed by atoms with van der Waals surface area (Å²) in [7, 11) is 1.74. The van der Waals surface area contributed by atoms with E-state index in [9.17, 15) is 18.0 Å². The summed E-state index contributed by atoms with van der Waals surface area (Å²) in [5, 5.41) is 4.39. The lowest BCUT2D eigenvalue weighted by Crippen LogP contribution is -2.08. The maximum absolute atomic E-state index is 12.8. The Hall–Kier alpha value is -3.49. The number of hydrogen-bond donors (Lipinski definition) is 1. The summed E-state index contributed by atoms with van der Waals surface area (Å²) in [4.78, 5) is 23.5. The van der Waals surface area contributed by atoms with Crippen molar-refractivity contribution >= 4 is 10.9 Å². The van der Waals surface area contributed by atoms with Crippen LogP contribution >= 0.6 is 0 Å². The zero-order valence-electron chi connectivity index (χ0n) is 13.9. The first-order valence-corrected chi connectivity index (χ1v) is 7.88. The number of hydrogen-bond acceptors (Lipinski definition) is 4. The van der Waals surface area contributed by atoms with Crippen molar-refractivity contribution in [1.29, 1.82) is 0 Å². The molecule has 3 heterocycles. The monoisotopic (exact) mass is 371 g/mol. The topological polar surface area (TPSA) is 76.5 Å². The second-order valence-corrected chi connectivity index (χ2v) is 5.96. The summed E-state index contributed by atoms with van der Waals surface area (Å²) >= 11 is 0. The molecule has 0 aliphatic carbocycles. The van der Waals surface area contributed by atoms with Crippen molar-refractivity contribution < 1.29 is 13.2 Å². The molecular formula is C18H12F3N5O. The van der Waals surface area contributed by atoms with Gasteiger partial charge in [-0.2, -0.15) is 18.3 Å². The van der Waals surface area contributed by atoms with Crippen LogP contribution in [0.1, 0.15) is 5.56 Å². The number of benzene rings is 1. The highest BCUT2D eigenvalue weighted by atomic mass is 19.4. The molecule has 0 unspecified atom stereocenters. The van der Waals surface area contributed by atoms with Crippen LogP contribution in [0, 0.1) is 0 Å². The van der Waals surface area contributed by atoms with Crippen LogP contribution in [0.3, 0.4) is 0 Å². The van der Waals surface area contributed by atoms with Gasteiger partial charge in [0.15, 0.2) is 0 Å². The average Bonchev–Trinajstić information content (AvgIpc) is 3.07. The van der Waals surface area contributed by atoms with Gasteiger partial charge in [-0.3, -0.25) is 9.48 Å². The average molecular weight is 371 g/mol. The predicted octanol–water partition coefficient (Wildman–Crippen LogP) is 3.40. The van der Waals surface area contributed by atoms with E-state index in [2.05, 4.69) is 20.1 Å². The SMILES string of the molecule is Cn1cc(-c2nc(-c3ccc(C(F)(F)F)cc3)cc3c(=O)[nH]cnc23)cn1. The minimum Gasteiger partial charge on any atom is -0.313 e. The van der Waals surface area contributed by atoms with Crippen molar-refractivity contribution in [2.45, 2.75) is 6.18 Å². The second kappa shape index (κ2) is 6.04. The van der Waals surface area contributed by atoms with Gasteiger partial charge in [0.05, 0.1) is 29.2 Å². The fraction of sp³-hybridized carbons (Fsp3) is 0.111. The van der Waals surface area contributed by atoms with Gasteiger partial charge in [-0.15, -0.1) is 0 Å². The largest absolute Gasteiger partial charge is 0.416 e. The number of aromatic amines is 1. The summed E-state index contributed by atoms with van der Waals surface area (Å²) in [5.74, 6) is 0. The maximum atomic E-state index is 12.8. The molecule has 0 aliphatic heterocycles. The van der Waals surface area contributed by atoms with Crippen molar-refractivity contribution in [2.24, 2.45) is 7.05 Å². The van der Waals surface area contributed by atoms with E-state index in [0.717, 1.165) is 12.1 Å². The number of alkyl halides is 3. The van der Waals surface area contributed by atoms with Gasteiger partial charge in [0.2, 0.25) is 0 Å². The van der Waals surface area contributed by atoms with Crippen LogP contribution in [0.4, 0.5) is 13.2 Å². The van der Waals surface area contributed by atoms with Gasteiger partial charge in [0, 0.05) is 24.4 Å². The molecule has 6 nitrogen and oxygen atoms in total. The molecule has 0 saturated heterocycles. The minimum atomic E-state index is -4.42. The highest BCUT2D eigenvalue weighted by Gasteiger charge is 2.30. The van der Waals surface area contributed by atoms with Crippen LogP contribution in [-0.4, -0.2) is 24.7 Å². The lowest BCUT2D eigenvalue weighted by Gasteiger charge is -2.09. The molecule has 4 rings (SSSR count). The molecular weight excluding hydrogens is 359 g/mol. The summed E-state index contributed by atoms with van der Waals surface area (Å²) in [6.45, 7) is 0. The molecule has 4 aromatic rings. The molecule has 0 bridgehead atoms. The summed E-state index contributed by atoms with van der Waals surface area (Å²) in [6, 6.07) is 6.14. The molecule has 0 spiro atoms. The van der Waals surface area contributed by atoms with Crippen LogP contribution in [0.25, 0.3) is 33.4 Å². The standard InChI is InChI=1S/C18H12F3N5O/c1-26-8-11(7-24-26)15-16-13(17(27)23-9-22-16)6-14(25-15)10-2-4-12(5-3-10)18(19,20)21/h2-9H,1H3,(H,22,23,27). The van der Waals surface area contributed by atoms with E-state index in [1.54, 1.807) is 24.1 Å². The number of aromatic nitrogens is 5. The Balaban J connectivity index is 1.94. The third-order valence-corrected chi connectivity index (χ3v) is 4.11. The lowest BCUT2D eigenvalue weighted by atomic mass is 10.0. The highest BCUT2D eigenvalue weighted by molar-refractivity contribution is 5.93. The van der Waals surface area contributed by atoms with E-state index in [4.69, 9.17) is 0 Å². The second-order valence-electron chi connectivity index (χ2n) is 5.96. The normalized spacial score (nSPS) is 11.9. The van der Waals surface area contributed by atoms with E-state index in [1.165, 1.54) is 24.5 Å². The molecule has 1 aromatic carbocycles. The van der Waals surface area contributed by atoms with Gasteiger partial charge in [-0.05, 0) is 18.2 Å². The van der Waals surface area contributed by atoms with E-state index in [-0.39, 0.29) is 5.56 Å². The molecule has 136 valence electrons. The number of halogens is 3. The third-order valence-electron chi connectivity index (χ3n) is 4.11. The first kappa shape index (κ1) is 17.0. The number of pyridine rings is 1. The number of H-pyrrole nitrogens is 1. The summed E-state index contributed by atoms with van der Waals surface area (Å²) < 4.78 is 40.0. The van der Waals surface area contributed by atoms with Crippen molar-refractivity contribution in [3.05, 3.63) is 65.0 Å². The molecule has 0 aliphatic rings. The van der Waals surface area contributed by atoms with E-state index >= 15 is 0 Å². The van der Waals surface area contributed by atoms with Crippen LogP contribution < -0.4 is 5.56 Å². The Kier molecular flexibility index (Phi) is 3.79. The third kappa shape index (κ3) is 3.07. The van der Waals surface area contributed by atoms with Crippen LogP contribution in [-0.2, 0) is 13.2 Å². The molecule has 27 heavy (non-hydrogen) atoms. The molecule has 0 amide bonds. The molecule has 0 atom stereocenters. The minimum absolute atomic E-state index is 0.293. The Bertz CT molecular complexity index is 1190. The Morgan fingerprint density at radius 2 is 1.85 bits per heavy atom. The van der Waals surface area contributed by atoms with Crippen LogP contribution in [0.2, 0.25) is 0 Å². The lowest BCUT2D eigenvalue weighted by molar-refractivity contribution is -0.137. The summed E-state index contributed by atoms with van der Waals surface area (Å²) in [6.07, 6.45) is 0.170. The Morgan fingerprint density at radius 1 is 1.11 bits per heavy atom. The van der Waals surface area contributed by atoms with E-state index in [1.807, 2.05) is 0 Å².